The lowest BCUT2D eigenvalue weighted by Gasteiger charge is -2.27. The lowest BCUT2D eigenvalue weighted by Crippen LogP contribution is -2.12. The highest BCUT2D eigenvalue weighted by molar-refractivity contribution is 6.22. The zero-order chi connectivity index (χ0) is 33.0. The number of nitrogens with zero attached hydrogens (tertiary/aromatic N) is 3. The average molecular weight is 638 g/mol. The van der Waals surface area contributed by atoms with Crippen LogP contribution in [0, 0.1) is 0 Å². The number of rotatable bonds is 5. The smallest absolute Gasteiger partial charge is 0.0715 e. The Balaban J connectivity index is 1.09. The topological polar surface area (TPSA) is 21.1 Å². The fraction of sp³-hybridized carbons (Fsp3) is 0. The van der Waals surface area contributed by atoms with Gasteiger partial charge in [-0.25, -0.2) is 4.98 Å². The number of anilines is 2. The first kappa shape index (κ1) is 28.3. The van der Waals surface area contributed by atoms with Crippen LogP contribution in [0.3, 0.4) is 0 Å². The highest BCUT2D eigenvalue weighted by Crippen LogP contribution is 2.45. The molecule has 0 amide bonds. The van der Waals surface area contributed by atoms with Crippen LogP contribution in [0.4, 0.5) is 11.4 Å². The standard InChI is InChI=1S/C47H31N3/c1-4-13-33(14-5-1)41-29-36(30-42(48-41)34-15-6-2-7-16-34)32-23-25-37(26-24-32)49-28-27-40-46-35(17-12-22-44(46)49)31-45-47(40)39-20-10-11-21-43(39)50(45)38-18-8-3-9-19-38/h1-31H. The van der Waals surface area contributed by atoms with Gasteiger partial charge in [0.1, 0.15) is 0 Å². The molecule has 0 bridgehead atoms. The molecule has 1 aliphatic rings. The normalized spacial score (nSPS) is 12.3. The lowest BCUT2D eigenvalue weighted by molar-refractivity contribution is 1.18. The van der Waals surface area contributed by atoms with Crippen molar-refractivity contribution in [1.29, 1.82) is 0 Å². The zero-order valence-corrected chi connectivity index (χ0v) is 27.2. The van der Waals surface area contributed by atoms with E-state index in [2.05, 4.69) is 186 Å². The summed E-state index contributed by atoms with van der Waals surface area (Å²) in [6.07, 6.45) is 4.53. The van der Waals surface area contributed by atoms with Crippen molar-refractivity contribution in [2.24, 2.45) is 0 Å². The summed E-state index contributed by atoms with van der Waals surface area (Å²) in [5, 5.41) is 5.06. The number of hydrogen-bond acceptors (Lipinski definition) is 2. The monoisotopic (exact) mass is 637 g/mol. The molecule has 0 saturated carbocycles. The van der Waals surface area contributed by atoms with Gasteiger partial charge in [0.25, 0.3) is 0 Å². The van der Waals surface area contributed by atoms with Crippen molar-refractivity contribution in [3.05, 3.63) is 188 Å². The van der Waals surface area contributed by atoms with Crippen LogP contribution in [0.2, 0.25) is 0 Å². The van der Waals surface area contributed by atoms with E-state index < -0.39 is 0 Å². The van der Waals surface area contributed by atoms with Crippen molar-refractivity contribution >= 4 is 50.0 Å². The first-order valence-corrected chi connectivity index (χ1v) is 17.1. The second-order valence-electron chi connectivity index (χ2n) is 12.8. The van der Waals surface area contributed by atoms with Gasteiger partial charge >= 0.3 is 0 Å². The van der Waals surface area contributed by atoms with Gasteiger partial charge < -0.3 is 9.47 Å². The molecule has 50 heavy (non-hydrogen) atoms. The summed E-state index contributed by atoms with van der Waals surface area (Å²) in [5.41, 5.74) is 13.6. The Bertz CT molecular complexity index is 2670. The maximum atomic E-state index is 5.07. The van der Waals surface area contributed by atoms with E-state index in [-0.39, 0.29) is 0 Å². The molecule has 3 heterocycles. The van der Waals surface area contributed by atoms with E-state index in [0.717, 1.165) is 39.3 Å². The van der Waals surface area contributed by atoms with Gasteiger partial charge in [0, 0.05) is 44.9 Å². The Hall–Kier alpha value is -6.71. The SMILES string of the molecule is C1=CN(c2ccc(-c3cc(-c4ccccc4)nc(-c4ccccc4)c3)cc2)c2cccc3cc4c(c1c23)c1ccccc1n4-c1ccccc1. The highest BCUT2D eigenvalue weighted by atomic mass is 15.1. The van der Waals surface area contributed by atoms with Gasteiger partial charge in [-0.3, -0.25) is 0 Å². The molecule has 0 unspecified atom stereocenters. The van der Waals surface area contributed by atoms with E-state index in [1.807, 2.05) is 12.1 Å². The van der Waals surface area contributed by atoms with Gasteiger partial charge in [0.15, 0.2) is 0 Å². The number of benzene rings is 7. The first-order chi connectivity index (χ1) is 24.8. The van der Waals surface area contributed by atoms with Gasteiger partial charge in [0.2, 0.25) is 0 Å². The third-order valence-electron chi connectivity index (χ3n) is 9.92. The fourth-order valence-electron chi connectivity index (χ4n) is 7.63. The van der Waals surface area contributed by atoms with Crippen LogP contribution in [-0.2, 0) is 0 Å². The summed E-state index contributed by atoms with van der Waals surface area (Å²) < 4.78 is 2.40. The van der Waals surface area contributed by atoms with Crippen molar-refractivity contribution < 1.29 is 0 Å². The van der Waals surface area contributed by atoms with Gasteiger partial charge in [-0.2, -0.15) is 0 Å². The third-order valence-corrected chi connectivity index (χ3v) is 9.92. The molecule has 2 aromatic heterocycles. The summed E-state index contributed by atoms with van der Waals surface area (Å²) in [4.78, 5) is 7.39. The number of hydrogen-bond donors (Lipinski definition) is 0. The minimum atomic E-state index is 0.966. The molecule has 234 valence electrons. The number of para-hydroxylation sites is 2. The maximum Gasteiger partial charge on any atom is 0.0715 e. The van der Waals surface area contributed by atoms with E-state index in [1.54, 1.807) is 0 Å². The Morgan fingerprint density at radius 1 is 0.420 bits per heavy atom. The number of aromatic nitrogens is 2. The molecule has 0 fully saturated rings. The number of fused-ring (bicyclic) bond motifs is 4. The molecule has 3 nitrogen and oxygen atoms in total. The van der Waals surface area contributed by atoms with Crippen molar-refractivity contribution in [1.82, 2.24) is 9.55 Å². The van der Waals surface area contributed by atoms with Crippen LogP contribution in [0.1, 0.15) is 5.56 Å². The van der Waals surface area contributed by atoms with E-state index in [1.165, 1.54) is 49.5 Å². The predicted octanol–water partition coefficient (Wildman–Crippen LogP) is 12.5. The molecule has 0 aliphatic carbocycles. The summed E-state index contributed by atoms with van der Waals surface area (Å²) in [6.45, 7) is 0. The molecule has 0 radical (unpaired) electrons. The van der Waals surface area contributed by atoms with Crippen LogP contribution in [-0.4, -0.2) is 9.55 Å². The van der Waals surface area contributed by atoms with Gasteiger partial charge in [-0.05, 0) is 82.7 Å². The van der Waals surface area contributed by atoms with E-state index in [0.29, 0.717) is 0 Å². The molecule has 10 rings (SSSR count). The van der Waals surface area contributed by atoms with Crippen molar-refractivity contribution in [3.8, 4) is 39.3 Å². The molecule has 7 aromatic carbocycles. The molecule has 3 heteroatoms. The van der Waals surface area contributed by atoms with E-state index >= 15 is 0 Å². The van der Waals surface area contributed by atoms with Gasteiger partial charge in [0.05, 0.1) is 28.1 Å². The molecule has 9 aromatic rings. The summed E-state index contributed by atoms with van der Waals surface area (Å²) >= 11 is 0. The van der Waals surface area contributed by atoms with Crippen molar-refractivity contribution in [2.75, 3.05) is 4.90 Å². The summed E-state index contributed by atoms with van der Waals surface area (Å²) in [6, 6.07) is 62.7. The molecule has 0 atom stereocenters. The highest BCUT2D eigenvalue weighted by Gasteiger charge is 2.23. The Kier molecular flexibility index (Phi) is 6.49. The second kappa shape index (κ2) is 11.5. The van der Waals surface area contributed by atoms with E-state index in [9.17, 15) is 0 Å². The van der Waals surface area contributed by atoms with Crippen LogP contribution >= 0.6 is 0 Å². The summed E-state index contributed by atoms with van der Waals surface area (Å²) in [7, 11) is 0. The Morgan fingerprint density at radius 3 is 1.76 bits per heavy atom. The minimum Gasteiger partial charge on any atom is -0.317 e. The second-order valence-corrected chi connectivity index (χ2v) is 12.8. The molecular formula is C47H31N3. The predicted molar refractivity (Wildman–Crippen MR) is 210 cm³/mol. The first-order valence-electron chi connectivity index (χ1n) is 17.1. The van der Waals surface area contributed by atoms with Gasteiger partial charge in [-0.15, -0.1) is 0 Å². The van der Waals surface area contributed by atoms with Gasteiger partial charge in [-0.1, -0.05) is 121 Å². The molecule has 0 N–H and O–H groups in total. The quantitative estimate of drug-likeness (QED) is 0.187. The minimum absolute atomic E-state index is 0.966. The van der Waals surface area contributed by atoms with Crippen molar-refractivity contribution in [2.45, 2.75) is 0 Å². The maximum absolute atomic E-state index is 5.07. The lowest BCUT2D eigenvalue weighted by atomic mass is 9.94. The largest absolute Gasteiger partial charge is 0.317 e. The third kappa shape index (κ3) is 4.56. The van der Waals surface area contributed by atoms with Crippen LogP contribution in [0.15, 0.2) is 182 Å². The Labute approximate surface area is 290 Å². The summed E-state index contributed by atoms with van der Waals surface area (Å²) in [5.74, 6) is 0. The van der Waals surface area contributed by atoms with Crippen LogP contribution in [0.5, 0.6) is 0 Å². The van der Waals surface area contributed by atoms with E-state index in [4.69, 9.17) is 4.98 Å². The zero-order valence-electron chi connectivity index (χ0n) is 27.2. The van der Waals surface area contributed by atoms with Crippen molar-refractivity contribution in [3.63, 3.8) is 0 Å². The Morgan fingerprint density at radius 2 is 1.06 bits per heavy atom. The molecule has 1 aliphatic heterocycles. The average Bonchev–Trinajstić information content (AvgIpc) is 3.53. The molecule has 0 saturated heterocycles. The molecule has 0 spiro atoms. The fourth-order valence-corrected chi connectivity index (χ4v) is 7.63. The number of pyridine rings is 1. The van der Waals surface area contributed by atoms with Crippen LogP contribution in [0.25, 0.3) is 78.0 Å². The molecular weight excluding hydrogens is 607 g/mol. The van der Waals surface area contributed by atoms with Crippen LogP contribution < -0.4 is 4.90 Å².